The van der Waals surface area contributed by atoms with Crippen molar-refractivity contribution in [3.05, 3.63) is 35.4 Å². The van der Waals surface area contributed by atoms with Crippen molar-refractivity contribution >= 4 is 0 Å². The fourth-order valence-electron chi connectivity index (χ4n) is 2.21. The van der Waals surface area contributed by atoms with E-state index in [9.17, 15) is 0 Å². The van der Waals surface area contributed by atoms with Crippen molar-refractivity contribution in [1.82, 2.24) is 10.2 Å². The largest absolute Gasteiger partial charge is 0.313 e. The minimum Gasteiger partial charge on any atom is -0.313 e. The Bertz CT molecular complexity index is 334. The van der Waals surface area contributed by atoms with Crippen LogP contribution in [0.1, 0.15) is 38.8 Å². The SMILES string of the molecule is CCNCc1ccccc1CN(CC)CC(C)C. The summed E-state index contributed by atoms with van der Waals surface area (Å²) in [6, 6.07) is 8.78. The molecule has 1 N–H and O–H groups in total. The van der Waals surface area contributed by atoms with Crippen LogP contribution in [-0.2, 0) is 13.1 Å². The fraction of sp³-hybridized carbons (Fsp3) is 0.625. The molecule has 1 aromatic rings. The molecule has 102 valence electrons. The molecule has 0 fully saturated rings. The summed E-state index contributed by atoms with van der Waals surface area (Å²) in [5.41, 5.74) is 2.89. The third-order valence-electron chi connectivity index (χ3n) is 3.15. The van der Waals surface area contributed by atoms with Gasteiger partial charge in [-0.3, -0.25) is 4.90 Å². The molecule has 0 spiro atoms. The summed E-state index contributed by atoms with van der Waals surface area (Å²) in [7, 11) is 0. The molecule has 0 aliphatic carbocycles. The summed E-state index contributed by atoms with van der Waals surface area (Å²) in [4.78, 5) is 2.52. The first-order valence-electron chi connectivity index (χ1n) is 7.17. The van der Waals surface area contributed by atoms with Crippen LogP contribution < -0.4 is 5.32 Å². The zero-order valence-electron chi connectivity index (χ0n) is 12.4. The maximum atomic E-state index is 3.42. The summed E-state index contributed by atoms with van der Waals surface area (Å²) in [5, 5.41) is 3.42. The Kier molecular flexibility index (Phi) is 6.99. The molecular weight excluding hydrogens is 220 g/mol. The summed E-state index contributed by atoms with van der Waals surface area (Å²) in [6.45, 7) is 14.3. The average Bonchev–Trinajstić information content (AvgIpc) is 2.36. The number of nitrogens with zero attached hydrogens (tertiary/aromatic N) is 1. The zero-order chi connectivity index (χ0) is 13.4. The molecule has 0 radical (unpaired) electrons. The average molecular weight is 248 g/mol. The van der Waals surface area contributed by atoms with Crippen molar-refractivity contribution in [3.8, 4) is 0 Å². The minimum atomic E-state index is 0.728. The third kappa shape index (κ3) is 5.19. The van der Waals surface area contributed by atoms with Crippen LogP contribution in [-0.4, -0.2) is 24.5 Å². The molecule has 0 unspecified atom stereocenters. The van der Waals surface area contributed by atoms with Gasteiger partial charge in [0, 0.05) is 19.6 Å². The van der Waals surface area contributed by atoms with E-state index in [0.717, 1.165) is 32.1 Å². The van der Waals surface area contributed by atoms with Crippen LogP contribution in [0.2, 0.25) is 0 Å². The first kappa shape index (κ1) is 15.2. The number of benzene rings is 1. The Morgan fingerprint density at radius 1 is 1.11 bits per heavy atom. The van der Waals surface area contributed by atoms with Crippen LogP contribution in [0.5, 0.6) is 0 Å². The second-order valence-electron chi connectivity index (χ2n) is 5.27. The topological polar surface area (TPSA) is 15.3 Å². The summed E-state index contributed by atoms with van der Waals surface area (Å²) < 4.78 is 0. The molecule has 0 aliphatic heterocycles. The van der Waals surface area contributed by atoms with Crippen molar-refractivity contribution in [2.45, 2.75) is 40.8 Å². The lowest BCUT2D eigenvalue weighted by molar-refractivity contribution is 0.247. The molecule has 1 rings (SSSR count). The van der Waals surface area contributed by atoms with Crippen molar-refractivity contribution < 1.29 is 0 Å². The molecule has 0 saturated heterocycles. The number of hydrogen-bond donors (Lipinski definition) is 1. The Morgan fingerprint density at radius 2 is 1.78 bits per heavy atom. The van der Waals surface area contributed by atoms with E-state index in [4.69, 9.17) is 0 Å². The Morgan fingerprint density at radius 3 is 2.33 bits per heavy atom. The van der Waals surface area contributed by atoms with Crippen molar-refractivity contribution in [2.75, 3.05) is 19.6 Å². The van der Waals surface area contributed by atoms with Crippen molar-refractivity contribution in [2.24, 2.45) is 5.92 Å². The number of rotatable bonds is 8. The molecule has 0 atom stereocenters. The molecule has 18 heavy (non-hydrogen) atoms. The van der Waals surface area contributed by atoms with Gasteiger partial charge >= 0.3 is 0 Å². The molecule has 1 aromatic carbocycles. The van der Waals surface area contributed by atoms with Gasteiger partial charge in [-0.15, -0.1) is 0 Å². The molecule has 2 heteroatoms. The van der Waals surface area contributed by atoms with Crippen molar-refractivity contribution in [1.29, 1.82) is 0 Å². The van der Waals surface area contributed by atoms with Crippen LogP contribution in [0, 0.1) is 5.92 Å². The van der Waals surface area contributed by atoms with Gasteiger partial charge in [0.25, 0.3) is 0 Å². The zero-order valence-corrected chi connectivity index (χ0v) is 12.4. The predicted octanol–water partition coefficient (Wildman–Crippen LogP) is 3.27. The predicted molar refractivity (Wildman–Crippen MR) is 79.6 cm³/mol. The molecule has 0 saturated carbocycles. The minimum absolute atomic E-state index is 0.728. The highest BCUT2D eigenvalue weighted by Crippen LogP contribution is 2.12. The monoisotopic (exact) mass is 248 g/mol. The molecular formula is C16H28N2. The molecule has 2 nitrogen and oxygen atoms in total. The van der Waals surface area contributed by atoms with Gasteiger partial charge in [-0.2, -0.15) is 0 Å². The van der Waals surface area contributed by atoms with E-state index in [1.54, 1.807) is 0 Å². The number of nitrogens with one attached hydrogen (secondary N) is 1. The van der Waals surface area contributed by atoms with Crippen LogP contribution in [0.25, 0.3) is 0 Å². The van der Waals surface area contributed by atoms with E-state index in [2.05, 4.69) is 62.2 Å². The van der Waals surface area contributed by atoms with Gasteiger partial charge in [-0.1, -0.05) is 52.0 Å². The van der Waals surface area contributed by atoms with Crippen LogP contribution in [0.4, 0.5) is 0 Å². The van der Waals surface area contributed by atoms with Crippen LogP contribution in [0.15, 0.2) is 24.3 Å². The first-order valence-corrected chi connectivity index (χ1v) is 7.17. The highest BCUT2D eigenvalue weighted by atomic mass is 15.1. The molecule has 0 amide bonds. The van der Waals surface area contributed by atoms with Gasteiger partial charge < -0.3 is 5.32 Å². The second kappa shape index (κ2) is 8.28. The Hall–Kier alpha value is -0.860. The summed E-state index contributed by atoms with van der Waals surface area (Å²) in [5.74, 6) is 0.728. The lowest BCUT2D eigenvalue weighted by atomic mass is 10.1. The normalized spacial score (nSPS) is 11.4. The maximum Gasteiger partial charge on any atom is 0.0236 e. The fourth-order valence-corrected chi connectivity index (χ4v) is 2.21. The molecule has 0 aliphatic rings. The van der Waals surface area contributed by atoms with Gasteiger partial charge in [0.15, 0.2) is 0 Å². The van der Waals surface area contributed by atoms with E-state index in [1.807, 2.05) is 0 Å². The van der Waals surface area contributed by atoms with Gasteiger partial charge in [-0.25, -0.2) is 0 Å². The Labute approximate surface area is 112 Å². The van der Waals surface area contributed by atoms with Gasteiger partial charge in [0.1, 0.15) is 0 Å². The summed E-state index contributed by atoms with van der Waals surface area (Å²) >= 11 is 0. The number of hydrogen-bond acceptors (Lipinski definition) is 2. The lowest BCUT2D eigenvalue weighted by Crippen LogP contribution is -2.28. The van der Waals surface area contributed by atoms with Gasteiger partial charge in [0.05, 0.1) is 0 Å². The van der Waals surface area contributed by atoms with E-state index in [1.165, 1.54) is 17.7 Å². The standard InChI is InChI=1S/C16H28N2/c1-5-17-11-15-9-7-8-10-16(15)13-18(6-2)12-14(3)4/h7-10,14,17H,5-6,11-13H2,1-4H3. The lowest BCUT2D eigenvalue weighted by Gasteiger charge is -2.24. The van der Waals surface area contributed by atoms with E-state index >= 15 is 0 Å². The quantitative estimate of drug-likeness (QED) is 0.759. The summed E-state index contributed by atoms with van der Waals surface area (Å²) in [6.07, 6.45) is 0. The van der Waals surface area contributed by atoms with E-state index in [0.29, 0.717) is 0 Å². The highest BCUT2D eigenvalue weighted by molar-refractivity contribution is 5.27. The maximum absolute atomic E-state index is 3.42. The van der Waals surface area contributed by atoms with Gasteiger partial charge in [0.2, 0.25) is 0 Å². The third-order valence-corrected chi connectivity index (χ3v) is 3.15. The van der Waals surface area contributed by atoms with Crippen LogP contribution >= 0.6 is 0 Å². The second-order valence-corrected chi connectivity index (χ2v) is 5.27. The first-order chi connectivity index (χ1) is 8.67. The van der Waals surface area contributed by atoms with Crippen LogP contribution in [0.3, 0.4) is 0 Å². The van der Waals surface area contributed by atoms with E-state index < -0.39 is 0 Å². The molecule has 0 aromatic heterocycles. The smallest absolute Gasteiger partial charge is 0.0236 e. The molecule has 0 heterocycles. The highest BCUT2D eigenvalue weighted by Gasteiger charge is 2.08. The van der Waals surface area contributed by atoms with Crippen molar-refractivity contribution in [3.63, 3.8) is 0 Å². The Balaban J connectivity index is 2.69. The van der Waals surface area contributed by atoms with E-state index in [-0.39, 0.29) is 0 Å². The molecule has 0 bridgehead atoms. The van der Waals surface area contributed by atoms with Gasteiger partial charge in [-0.05, 0) is 30.1 Å².